The summed E-state index contributed by atoms with van der Waals surface area (Å²) in [6.07, 6.45) is 4.11. The molecule has 7 heterocycles. The van der Waals surface area contributed by atoms with Gasteiger partial charge in [-0.15, -0.1) is 0 Å². The van der Waals surface area contributed by atoms with Gasteiger partial charge in [-0.3, -0.25) is 9.59 Å². The number of anilines is 4. The molecule has 2 saturated heterocycles. The Kier molecular flexibility index (Phi) is 25.2. The van der Waals surface area contributed by atoms with Gasteiger partial charge in [-0.2, -0.15) is 13.2 Å². The summed E-state index contributed by atoms with van der Waals surface area (Å²) in [4.78, 5) is 76.3. The van der Waals surface area contributed by atoms with Gasteiger partial charge in [-0.25, -0.2) is 52.7 Å². The number of methoxy groups -OCH3 is 3. The molecule has 6 N–H and O–H groups in total. The van der Waals surface area contributed by atoms with Crippen molar-refractivity contribution >= 4 is 91.5 Å². The SMILES string of the molecule is C.COc1cc(F)ccc1-c1cccc2cnc(Cl)nc12.COc1cc(F)ccc1-c1cccc2cnc(Nc3ccc(C(=O)NC4CCN(C(=O)OC(C)(C)C)CC4)c4c3OCC4)nc12.COc1cc(F)ccc1-c1cccc2cnc(Nc3ccc(C(=O)NC4CCNCC4)c4c3OCC4)nc12.O=C(O)C(F)(F)F. The number of para-hydroxylation sites is 3. The molecule has 0 unspecified atom stereocenters. The summed E-state index contributed by atoms with van der Waals surface area (Å²) in [7, 11) is 4.53. The number of piperidine rings is 2. The zero-order chi connectivity index (χ0) is 78.0. The number of halogens is 7. The van der Waals surface area contributed by atoms with Gasteiger partial charge in [0, 0.05) is 147 Å². The van der Waals surface area contributed by atoms with E-state index in [0.717, 1.165) is 81.0 Å². The van der Waals surface area contributed by atoms with E-state index in [2.05, 4.69) is 46.5 Å². The molecule has 0 saturated carbocycles. The molecule has 15 rings (SSSR count). The van der Waals surface area contributed by atoms with Crippen molar-refractivity contribution in [2.45, 2.75) is 90.6 Å². The fraction of sp³-hybridized carbons (Fsp3) is 0.284. The van der Waals surface area contributed by atoms with E-state index in [1.165, 1.54) is 57.7 Å². The number of carboxylic acids is 1. The maximum Gasteiger partial charge on any atom is 0.490 e. The zero-order valence-corrected chi connectivity index (χ0v) is 61.1. The molecule has 11 aromatic rings. The van der Waals surface area contributed by atoms with Crippen LogP contribution in [0.4, 0.5) is 54.4 Å². The first-order valence-electron chi connectivity index (χ1n) is 35.0. The molecule has 4 aliphatic rings. The van der Waals surface area contributed by atoms with Crippen LogP contribution >= 0.6 is 11.6 Å². The van der Waals surface area contributed by atoms with Crippen molar-refractivity contribution in [3.63, 3.8) is 0 Å². The highest BCUT2D eigenvalue weighted by Gasteiger charge is 2.38. The summed E-state index contributed by atoms with van der Waals surface area (Å²) in [6.45, 7) is 9.37. The maximum atomic E-state index is 13.9. The number of alkyl halides is 3. The number of carboxylic acid groups (broad SMARTS) is 1. The summed E-state index contributed by atoms with van der Waals surface area (Å²) in [5, 5.41) is 26.0. The second-order valence-electron chi connectivity index (χ2n) is 26.7. The van der Waals surface area contributed by atoms with Gasteiger partial charge in [-0.05, 0) is 132 Å². The van der Waals surface area contributed by atoms with Crippen LogP contribution in [-0.2, 0) is 22.4 Å². The molecule has 23 nitrogen and oxygen atoms in total. The van der Waals surface area contributed by atoms with Crippen LogP contribution in [0.5, 0.6) is 28.7 Å². The van der Waals surface area contributed by atoms with Crippen LogP contribution in [0.25, 0.3) is 66.1 Å². The number of aromatic nitrogens is 6. The molecule has 0 radical (unpaired) electrons. The number of nitrogens with zero attached hydrogens (tertiary/aromatic N) is 7. The molecule has 111 heavy (non-hydrogen) atoms. The number of nitrogens with one attached hydrogen (secondary N) is 5. The molecule has 3 aromatic heterocycles. The average Bonchev–Trinajstić information content (AvgIpc) is 1.77. The molecule has 2 fully saturated rings. The Hall–Kier alpha value is -12.1. The number of hydrogen-bond donors (Lipinski definition) is 6. The quantitative estimate of drug-likeness (QED) is 0.0436. The third kappa shape index (κ3) is 19.1. The Labute approximate surface area is 639 Å². The van der Waals surface area contributed by atoms with E-state index in [0.29, 0.717) is 137 Å². The van der Waals surface area contributed by atoms with Gasteiger partial charge in [0.05, 0.1) is 62.5 Å². The van der Waals surface area contributed by atoms with Gasteiger partial charge < -0.3 is 65.0 Å². The minimum atomic E-state index is -5.08. The van der Waals surface area contributed by atoms with E-state index >= 15 is 0 Å². The maximum absolute atomic E-state index is 13.9. The van der Waals surface area contributed by atoms with E-state index in [-0.39, 0.29) is 60.2 Å². The van der Waals surface area contributed by atoms with Gasteiger partial charge in [0.25, 0.3) is 11.8 Å². The van der Waals surface area contributed by atoms with Crippen LogP contribution in [0, 0.1) is 17.5 Å². The minimum Gasteiger partial charge on any atom is -0.496 e. The Morgan fingerprint density at radius 3 is 1.32 bits per heavy atom. The first kappa shape index (κ1) is 79.9. The van der Waals surface area contributed by atoms with Crippen molar-refractivity contribution < 1.29 is 79.0 Å². The summed E-state index contributed by atoms with van der Waals surface area (Å²) in [6, 6.07) is 37.8. The normalized spacial score (nSPS) is 13.9. The molecule has 0 spiro atoms. The first-order valence-corrected chi connectivity index (χ1v) is 35.4. The van der Waals surface area contributed by atoms with Crippen molar-refractivity contribution in [1.29, 1.82) is 0 Å². The number of benzene rings is 8. The lowest BCUT2D eigenvalue weighted by Gasteiger charge is -2.33. The number of hydrogen-bond acceptors (Lipinski definition) is 19. The molecule has 0 atom stereocenters. The van der Waals surface area contributed by atoms with Crippen molar-refractivity contribution in [1.82, 2.24) is 50.8 Å². The van der Waals surface area contributed by atoms with Crippen LogP contribution in [0.15, 0.2) is 152 Å². The van der Waals surface area contributed by atoms with Crippen LogP contribution in [-0.4, -0.2) is 148 Å². The second kappa shape index (κ2) is 35.1. The highest BCUT2D eigenvalue weighted by atomic mass is 35.5. The third-order valence-corrected chi connectivity index (χ3v) is 18.4. The number of aliphatic carboxylic acids is 1. The van der Waals surface area contributed by atoms with Crippen LogP contribution in [0.1, 0.15) is 85.7 Å². The predicted molar refractivity (Wildman–Crippen MR) is 409 cm³/mol. The highest BCUT2D eigenvalue weighted by molar-refractivity contribution is 6.28. The fourth-order valence-corrected chi connectivity index (χ4v) is 13.2. The number of rotatable bonds is 14. The van der Waals surface area contributed by atoms with Crippen molar-refractivity contribution in [3.8, 4) is 62.1 Å². The number of carbonyl (C=O) groups is 4. The van der Waals surface area contributed by atoms with E-state index < -0.39 is 17.7 Å². The largest absolute Gasteiger partial charge is 0.496 e. The predicted octanol–water partition coefficient (Wildman–Crippen LogP) is 16.2. The monoisotopic (exact) mass is 1540 g/mol. The van der Waals surface area contributed by atoms with Crippen molar-refractivity contribution in [3.05, 3.63) is 197 Å². The van der Waals surface area contributed by atoms with E-state index in [1.807, 2.05) is 87.5 Å². The average molecular weight is 1550 g/mol. The molecule has 8 aromatic carbocycles. The summed E-state index contributed by atoms with van der Waals surface area (Å²) in [5.41, 5.74) is 10.4. The van der Waals surface area contributed by atoms with Crippen LogP contribution in [0.3, 0.4) is 0 Å². The van der Waals surface area contributed by atoms with Gasteiger partial charge >= 0.3 is 18.2 Å². The van der Waals surface area contributed by atoms with Gasteiger partial charge in [0.15, 0.2) is 0 Å². The molecule has 30 heteroatoms. The molecule has 0 bridgehead atoms. The number of carbonyl (C=O) groups excluding carboxylic acids is 3. The first-order chi connectivity index (χ1) is 52.8. The zero-order valence-electron chi connectivity index (χ0n) is 60.4. The Balaban J connectivity index is 0.000000166. The summed E-state index contributed by atoms with van der Waals surface area (Å²) < 4.78 is 106. The highest BCUT2D eigenvalue weighted by Crippen LogP contribution is 2.43. The molecule has 578 valence electrons. The van der Waals surface area contributed by atoms with Gasteiger partial charge in [0.2, 0.25) is 17.2 Å². The topological polar surface area (TPSA) is 285 Å². The van der Waals surface area contributed by atoms with Crippen molar-refractivity contribution in [2.75, 3.05) is 71.4 Å². The molecular weight excluding hydrogens is 1470 g/mol. The Bertz CT molecular complexity index is 5280. The number of amides is 3. The van der Waals surface area contributed by atoms with E-state index in [9.17, 15) is 40.7 Å². The summed E-state index contributed by atoms with van der Waals surface area (Å²) >= 11 is 5.86. The van der Waals surface area contributed by atoms with Crippen molar-refractivity contribution in [2.24, 2.45) is 0 Å². The van der Waals surface area contributed by atoms with Crippen LogP contribution in [0.2, 0.25) is 5.28 Å². The van der Waals surface area contributed by atoms with E-state index in [4.69, 9.17) is 59.9 Å². The van der Waals surface area contributed by atoms with E-state index in [1.54, 1.807) is 53.8 Å². The fourth-order valence-electron chi connectivity index (χ4n) is 13.1. The van der Waals surface area contributed by atoms with Crippen LogP contribution < -0.4 is 50.3 Å². The minimum absolute atomic E-state index is 0. The number of fused-ring (bicyclic) bond motifs is 5. The summed E-state index contributed by atoms with van der Waals surface area (Å²) in [5.74, 6) is -0.827. The van der Waals surface area contributed by atoms with Gasteiger partial charge in [-0.1, -0.05) is 62.0 Å². The smallest absolute Gasteiger partial charge is 0.490 e. The molecule has 3 amide bonds. The molecule has 4 aliphatic heterocycles. The molecular formula is C81H79ClF6N12O11. The Morgan fingerprint density at radius 1 is 0.541 bits per heavy atom. The third-order valence-electron chi connectivity index (χ3n) is 18.3. The lowest BCUT2D eigenvalue weighted by atomic mass is 10.0. The lowest BCUT2D eigenvalue weighted by Crippen LogP contribution is -2.47. The number of likely N-dealkylation sites (tertiary alicyclic amines) is 1. The Morgan fingerprint density at radius 2 is 0.928 bits per heavy atom. The lowest BCUT2D eigenvalue weighted by molar-refractivity contribution is -0.192. The molecule has 0 aliphatic carbocycles. The standard InChI is InChI=1S/C34H36FN5O5.C29H28FN5O3.C15H10ClFN2O.C2HF3O2.CH4/c1-34(2,3)45-33(42)40-15-12-22(13-16-40)37-31(41)26-10-11-27(30-25(26)14-17-44-30)38-32-36-19-20-6-5-7-24(29(20)39-32)23-9-8-21(35)18-28(23)43-4;1-37-25-15-18(30)5-6-20(25)21-4-2-3-17-16-32-29(35-26(17)21)34-24-8-7-23(22-11-14-38-27(22)24)28(36)33-19-9-12-31-13-10-19;1-20-13-7-10(17)5-6-11(13)12-4-2-3-9-8-18-15(16)19-14(9)12;3-2(4,5)1(6)7;/h5-11,18-19,22H,12-17H2,1-4H3,(H,37,41)(H,36,38,39);2-8,15-16,19,31H,9-14H2,1H3,(H,33,36)(H,32,34,35);2-8H,1H3;(H,6,7);1H4. The number of ether oxygens (including phenoxy) is 6. The second-order valence-corrected chi connectivity index (χ2v) is 27.0. The van der Waals surface area contributed by atoms with Gasteiger partial charge in [0.1, 0.15) is 51.8 Å².